The number of aromatic nitrogens is 3. The Morgan fingerprint density at radius 3 is 2.73 bits per heavy atom. The summed E-state index contributed by atoms with van der Waals surface area (Å²) in [5.41, 5.74) is 0.716. The van der Waals surface area contributed by atoms with E-state index in [1.165, 1.54) is 19.4 Å². The summed E-state index contributed by atoms with van der Waals surface area (Å²) >= 11 is 0. The number of nitrogens with zero attached hydrogens (tertiary/aromatic N) is 6. The number of hydrogen-bond donors (Lipinski definition) is 0. The molecular weight excluding hydrogens is 376 g/mol. The van der Waals surface area contributed by atoms with E-state index in [0.717, 1.165) is 64.3 Å². The SMILES string of the molecule is O=C(c1ccc(N2CCN3CCC[C@H]3C2)nc1)N1CCC(CCn2cccn2)CC1. The molecule has 3 aliphatic rings. The number of anilines is 1. The van der Waals surface area contributed by atoms with Crippen LogP contribution in [0.3, 0.4) is 0 Å². The lowest BCUT2D eigenvalue weighted by atomic mass is 9.93. The van der Waals surface area contributed by atoms with Crippen molar-refractivity contribution < 1.29 is 4.79 Å². The molecule has 2 aromatic rings. The molecule has 1 amide bonds. The summed E-state index contributed by atoms with van der Waals surface area (Å²) in [7, 11) is 0. The first-order valence-electron chi connectivity index (χ1n) is 11.5. The molecule has 3 saturated heterocycles. The number of piperidine rings is 1. The fraction of sp³-hybridized carbons (Fsp3) is 0.609. The largest absolute Gasteiger partial charge is 0.354 e. The third-order valence-electron chi connectivity index (χ3n) is 7.13. The first-order valence-corrected chi connectivity index (χ1v) is 11.5. The van der Waals surface area contributed by atoms with Crippen LogP contribution in [0, 0.1) is 5.92 Å². The third-order valence-corrected chi connectivity index (χ3v) is 7.13. The minimum Gasteiger partial charge on any atom is -0.354 e. The maximum absolute atomic E-state index is 12.9. The van der Waals surface area contributed by atoms with Crippen molar-refractivity contribution in [3.63, 3.8) is 0 Å². The van der Waals surface area contributed by atoms with Gasteiger partial charge in [-0.1, -0.05) is 0 Å². The highest BCUT2D eigenvalue weighted by Gasteiger charge is 2.31. The van der Waals surface area contributed by atoms with Gasteiger partial charge in [0.15, 0.2) is 0 Å². The van der Waals surface area contributed by atoms with Crippen LogP contribution < -0.4 is 4.90 Å². The monoisotopic (exact) mass is 408 g/mol. The lowest BCUT2D eigenvalue weighted by Crippen LogP contribution is -2.50. The normalized spacial score (nSPS) is 23.0. The second-order valence-electron chi connectivity index (χ2n) is 8.98. The van der Waals surface area contributed by atoms with E-state index in [0.29, 0.717) is 17.5 Å². The van der Waals surface area contributed by atoms with Crippen LogP contribution in [0.25, 0.3) is 0 Å². The van der Waals surface area contributed by atoms with Crippen LogP contribution in [-0.2, 0) is 6.54 Å². The second-order valence-corrected chi connectivity index (χ2v) is 8.98. The van der Waals surface area contributed by atoms with Gasteiger partial charge in [0.05, 0.1) is 5.56 Å². The van der Waals surface area contributed by atoms with Crippen molar-refractivity contribution in [3.8, 4) is 0 Å². The van der Waals surface area contributed by atoms with Crippen LogP contribution in [0.1, 0.15) is 42.5 Å². The van der Waals surface area contributed by atoms with Crippen molar-refractivity contribution in [2.45, 2.75) is 44.7 Å². The number of amides is 1. The maximum atomic E-state index is 12.9. The van der Waals surface area contributed by atoms with Gasteiger partial charge in [0.25, 0.3) is 5.91 Å². The molecule has 3 fully saturated rings. The molecule has 0 aliphatic carbocycles. The van der Waals surface area contributed by atoms with E-state index >= 15 is 0 Å². The smallest absolute Gasteiger partial charge is 0.255 e. The van der Waals surface area contributed by atoms with Crippen LogP contribution >= 0.6 is 0 Å². The Kier molecular flexibility index (Phi) is 5.71. The van der Waals surface area contributed by atoms with Crippen molar-refractivity contribution in [2.75, 3.05) is 44.2 Å². The zero-order chi connectivity index (χ0) is 20.3. The number of rotatable bonds is 5. The van der Waals surface area contributed by atoms with Crippen molar-refractivity contribution in [3.05, 3.63) is 42.4 Å². The zero-order valence-corrected chi connectivity index (χ0v) is 17.7. The Balaban J connectivity index is 1.12. The van der Waals surface area contributed by atoms with Gasteiger partial charge < -0.3 is 9.80 Å². The van der Waals surface area contributed by atoms with Crippen molar-refractivity contribution in [1.29, 1.82) is 0 Å². The number of likely N-dealkylation sites (tertiary alicyclic amines) is 1. The Labute approximate surface area is 178 Å². The predicted molar refractivity (Wildman–Crippen MR) is 117 cm³/mol. The van der Waals surface area contributed by atoms with E-state index in [1.807, 2.05) is 40.2 Å². The van der Waals surface area contributed by atoms with Gasteiger partial charge >= 0.3 is 0 Å². The molecule has 1 atom stereocenters. The van der Waals surface area contributed by atoms with E-state index in [9.17, 15) is 4.79 Å². The van der Waals surface area contributed by atoms with Crippen molar-refractivity contribution >= 4 is 11.7 Å². The molecule has 0 radical (unpaired) electrons. The number of carbonyl (C=O) groups is 1. The molecule has 3 aliphatic heterocycles. The second kappa shape index (κ2) is 8.76. The van der Waals surface area contributed by atoms with Gasteiger partial charge in [0.1, 0.15) is 5.82 Å². The minimum absolute atomic E-state index is 0.125. The quantitative estimate of drug-likeness (QED) is 0.761. The van der Waals surface area contributed by atoms with E-state index < -0.39 is 0 Å². The number of aryl methyl sites for hydroxylation is 1. The van der Waals surface area contributed by atoms with Gasteiger partial charge in [-0.25, -0.2) is 4.98 Å². The fourth-order valence-electron chi connectivity index (χ4n) is 5.25. The summed E-state index contributed by atoms with van der Waals surface area (Å²) in [4.78, 5) is 24.6. The van der Waals surface area contributed by atoms with Gasteiger partial charge in [0, 0.05) is 63.9 Å². The highest BCUT2D eigenvalue weighted by molar-refractivity contribution is 5.94. The number of hydrogen-bond acceptors (Lipinski definition) is 5. The highest BCUT2D eigenvalue weighted by atomic mass is 16.2. The predicted octanol–water partition coefficient (Wildman–Crippen LogP) is 2.50. The van der Waals surface area contributed by atoms with Crippen LogP contribution in [0.15, 0.2) is 36.8 Å². The maximum Gasteiger partial charge on any atom is 0.255 e. The molecule has 160 valence electrons. The van der Waals surface area contributed by atoms with E-state index in [-0.39, 0.29) is 5.91 Å². The number of fused-ring (bicyclic) bond motifs is 1. The molecular formula is C23H32N6O. The number of carbonyl (C=O) groups excluding carboxylic acids is 1. The Morgan fingerprint density at radius 1 is 1.07 bits per heavy atom. The molecule has 0 aromatic carbocycles. The Bertz CT molecular complexity index is 828. The molecule has 7 nitrogen and oxygen atoms in total. The topological polar surface area (TPSA) is 57.5 Å². The van der Waals surface area contributed by atoms with E-state index in [1.54, 1.807) is 6.20 Å². The van der Waals surface area contributed by atoms with Crippen LogP contribution in [0.2, 0.25) is 0 Å². The fourth-order valence-corrected chi connectivity index (χ4v) is 5.25. The summed E-state index contributed by atoms with van der Waals surface area (Å²) in [6, 6.07) is 6.65. The molecule has 0 bridgehead atoms. The van der Waals surface area contributed by atoms with Crippen molar-refractivity contribution in [1.82, 2.24) is 24.6 Å². The minimum atomic E-state index is 0.125. The molecule has 2 aromatic heterocycles. The Morgan fingerprint density at radius 2 is 1.97 bits per heavy atom. The highest BCUT2D eigenvalue weighted by Crippen LogP contribution is 2.25. The summed E-state index contributed by atoms with van der Waals surface area (Å²) in [5, 5.41) is 4.28. The van der Waals surface area contributed by atoms with Gasteiger partial charge in [-0.3, -0.25) is 14.4 Å². The average molecular weight is 409 g/mol. The van der Waals surface area contributed by atoms with E-state index in [4.69, 9.17) is 0 Å². The first kappa shape index (κ1) is 19.5. The number of pyridine rings is 1. The average Bonchev–Trinajstić information content (AvgIpc) is 3.49. The summed E-state index contributed by atoms with van der Waals surface area (Å²) in [5.74, 6) is 1.81. The molecule has 7 heteroatoms. The lowest BCUT2D eigenvalue weighted by Gasteiger charge is -2.38. The molecule has 0 saturated carbocycles. The summed E-state index contributed by atoms with van der Waals surface area (Å²) < 4.78 is 2.00. The van der Waals surface area contributed by atoms with E-state index in [2.05, 4.69) is 19.9 Å². The standard InChI is InChI=1S/C23H32N6O/c30-23(27-12-6-19(7-13-27)8-14-29-11-2-9-25-29)20-4-5-22(24-17-20)28-16-15-26-10-1-3-21(26)18-28/h2,4-5,9,11,17,19,21H,1,3,6-8,10,12-16,18H2/t21-/m0/s1. The van der Waals surface area contributed by atoms with Crippen LogP contribution in [0.4, 0.5) is 5.82 Å². The summed E-state index contributed by atoms with van der Waals surface area (Å²) in [6.07, 6.45) is 11.5. The van der Waals surface area contributed by atoms with Gasteiger partial charge in [-0.05, 0) is 62.8 Å². The van der Waals surface area contributed by atoms with Gasteiger partial charge in [-0.15, -0.1) is 0 Å². The van der Waals surface area contributed by atoms with Crippen LogP contribution in [-0.4, -0.2) is 75.8 Å². The lowest BCUT2D eigenvalue weighted by molar-refractivity contribution is 0.0684. The van der Waals surface area contributed by atoms with Gasteiger partial charge in [-0.2, -0.15) is 5.10 Å². The zero-order valence-electron chi connectivity index (χ0n) is 17.7. The van der Waals surface area contributed by atoms with Gasteiger partial charge in [0.2, 0.25) is 0 Å². The van der Waals surface area contributed by atoms with Crippen LogP contribution in [0.5, 0.6) is 0 Å². The molecule has 5 heterocycles. The molecule has 5 rings (SSSR count). The summed E-state index contributed by atoms with van der Waals surface area (Å²) in [6.45, 7) is 7.12. The molecule has 0 spiro atoms. The molecule has 0 N–H and O–H groups in total. The molecule has 30 heavy (non-hydrogen) atoms. The first-order chi connectivity index (χ1) is 14.8. The Hall–Kier alpha value is -2.41. The third kappa shape index (κ3) is 4.21. The number of piperazine rings is 1. The van der Waals surface area contributed by atoms with Crippen molar-refractivity contribution in [2.24, 2.45) is 5.92 Å². The molecule has 0 unspecified atom stereocenters.